The Balaban J connectivity index is 4.02. The molecule has 4 nitrogen and oxygen atoms in total. The molecular weight excluding hydrogens is 184 g/mol. The molecule has 0 heterocycles. The zero-order valence-corrected chi connectivity index (χ0v) is 8.28. The molecule has 0 aromatic rings. The lowest BCUT2D eigenvalue weighted by Crippen LogP contribution is -1.95. The summed E-state index contributed by atoms with van der Waals surface area (Å²) in [4.78, 5) is 20.6. The SMILES string of the molecule is C/C(=C/C(=O)O)CC/C=C(\C)C(=O)O. The van der Waals surface area contributed by atoms with Gasteiger partial charge in [-0.3, -0.25) is 0 Å². The van der Waals surface area contributed by atoms with Gasteiger partial charge < -0.3 is 10.2 Å². The Morgan fingerprint density at radius 3 is 2.21 bits per heavy atom. The van der Waals surface area contributed by atoms with Crippen molar-refractivity contribution >= 4 is 11.9 Å². The monoisotopic (exact) mass is 198 g/mol. The maximum Gasteiger partial charge on any atom is 0.330 e. The predicted molar refractivity (Wildman–Crippen MR) is 52.0 cm³/mol. The van der Waals surface area contributed by atoms with E-state index in [1.165, 1.54) is 6.92 Å². The van der Waals surface area contributed by atoms with Gasteiger partial charge in [-0.1, -0.05) is 11.6 Å². The van der Waals surface area contributed by atoms with Crippen LogP contribution >= 0.6 is 0 Å². The van der Waals surface area contributed by atoms with Gasteiger partial charge >= 0.3 is 11.9 Å². The van der Waals surface area contributed by atoms with E-state index < -0.39 is 11.9 Å². The van der Waals surface area contributed by atoms with E-state index in [1.54, 1.807) is 13.0 Å². The van der Waals surface area contributed by atoms with Crippen molar-refractivity contribution in [1.82, 2.24) is 0 Å². The number of rotatable bonds is 5. The van der Waals surface area contributed by atoms with Crippen LogP contribution in [0, 0.1) is 0 Å². The second-order valence-electron chi connectivity index (χ2n) is 3.06. The summed E-state index contributed by atoms with van der Waals surface area (Å²) in [5.74, 6) is -1.91. The molecular formula is C10H14O4. The first kappa shape index (κ1) is 12.4. The fraction of sp³-hybridized carbons (Fsp3) is 0.400. The second kappa shape index (κ2) is 5.96. The Hall–Kier alpha value is -1.58. The molecule has 0 radical (unpaired) electrons. The molecule has 14 heavy (non-hydrogen) atoms. The van der Waals surface area contributed by atoms with Crippen LogP contribution in [0.1, 0.15) is 26.7 Å². The van der Waals surface area contributed by atoms with E-state index in [2.05, 4.69) is 0 Å². The summed E-state index contributed by atoms with van der Waals surface area (Å²) in [6.07, 6.45) is 3.83. The summed E-state index contributed by atoms with van der Waals surface area (Å²) < 4.78 is 0. The molecule has 0 fully saturated rings. The molecule has 0 aromatic heterocycles. The number of allylic oxidation sites excluding steroid dienone is 2. The van der Waals surface area contributed by atoms with Gasteiger partial charge in [0.15, 0.2) is 0 Å². The third-order valence-electron chi connectivity index (χ3n) is 1.70. The highest BCUT2D eigenvalue weighted by molar-refractivity contribution is 5.85. The Labute approximate surface area is 82.6 Å². The maximum atomic E-state index is 10.4. The predicted octanol–water partition coefficient (Wildman–Crippen LogP) is 1.83. The van der Waals surface area contributed by atoms with Crippen LogP contribution in [0.4, 0.5) is 0 Å². The minimum Gasteiger partial charge on any atom is -0.478 e. The Kier molecular flexibility index (Phi) is 5.29. The van der Waals surface area contributed by atoms with Gasteiger partial charge in [-0.25, -0.2) is 9.59 Å². The molecule has 0 atom stereocenters. The van der Waals surface area contributed by atoms with E-state index in [4.69, 9.17) is 10.2 Å². The summed E-state index contributed by atoms with van der Waals surface area (Å²) in [5, 5.41) is 16.9. The molecule has 78 valence electrons. The van der Waals surface area contributed by atoms with E-state index in [1.807, 2.05) is 0 Å². The number of carboxylic acid groups (broad SMARTS) is 2. The highest BCUT2D eigenvalue weighted by Gasteiger charge is 1.98. The highest BCUT2D eigenvalue weighted by Crippen LogP contribution is 2.06. The first-order valence-corrected chi connectivity index (χ1v) is 4.23. The first-order chi connectivity index (χ1) is 6.43. The van der Waals surface area contributed by atoms with Crippen molar-refractivity contribution in [1.29, 1.82) is 0 Å². The topological polar surface area (TPSA) is 74.6 Å². The van der Waals surface area contributed by atoms with Gasteiger partial charge in [-0.05, 0) is 26.7 Å². The Morgan fingerprint density at radius 2 is 1.79 bits per heavy atom. The summed E-state index contributed by atoms with van der Waals surface area (Å²) in [6, 6.07) is 0. The molecule has 0 spiro atoms. The van der Waals surface area contributed by atoms with Crippen LogP contribution in [0.15, 0.2) is 23.3 Å². The van der Waals surface area contributed by atoms with Crippen molar-refractivity contribution < 1.29 is 19.8 Å². The Bertz CT molecular complexity index is 286. The third kappa shape index (κ3) is 5.99. The summed E-state index contributed by atoms with van der Waals surface area (Å²) in [5.41, 5.74) is 1.01. The van der Waals surface area contributed by atoms with Crippen molar-refractivity contribution in [3.8, 4) is 0 Å². The Morgan fingerprint density at radius 1 is 1.21 bits per heavy atom. The molecule has 0 rings (SSSR count). The minimum absolute atomic E-state index is 0.285. The van der Waals surface area contributed by atoms with Crippen LogP contribution in [-0.2, 0) is 9.59 Å². The largest absolute Gasteiger partial charge is 0.478 e. The summed E-state index contributed by atoms with van der Waals surface area (Å²) >= 11 is 0. The van der Waals surface area contributed by atoms with Gasteiger partial charge in [-0.15, -0.1) is 0 Å². The van der Waals surface area contributed by atoms with Crippen molar-refractivity contribution in [3.05, 3.63) is 23.3 Å². The van der Waals surface area contributed by atoms with Crippen LogP contribution in [0.5, 0.6) is 0 Å². The van der Waals surface area contributed by atoms with E-state index >= 15 is 0 Å². The lowest BCUT2D eigenvalue weighted by molar-refractivity contribution is -0.133. The van der Waals surface area contributed by atoms with Crippen LogP contribution in [0.3, 0.4) is 0 Å². The molecule has 0 aliphatic rings. The van der Waals surface area contributed by atoms with E-state index in [9.17, 15) is 9.59 Å². The zero-order chi connectivity index (χ0) is 11.1. The molecule has 0 saturated heterocycles. The third-order valence-corrected chi connectivity index (χ3v) is 1.70. The standard InChI is InChI=1S/C10H14O4/c1-7(6-9(11)12)4-3-5-8(2)10(13)14/h5-6H,3-4H2,1-2H3,(H,11,12)(H,13,14)/b7-6-,8-5+. The van der Waals surface area contributed by atoms with Crippen LogP contribution in [0.25, 0.3) is 0 Å². The lowest BCUT2D eigenvalue weighted by atomic mass is 10.1. The molecule has 0 aliphatic carbocycles. The van der Waals surface area contributed by atoms with Crippen LogP contribution in [0.2, 0.25) is 0 Å². The van der Waals surface area contributed by atoms with Crippen LogP contribution < -0.4 is 0 Å². The number of carboxylic acids is 2. The second-order valence-corrected chi connectivity index (χ2v) is 3.06. The van der Waals surface area contributed by atoms with Gasteiger partial charge in [0.1, 0.15) is 0 Å². The molecule has 2 N–H and O–H groups in total. The van der Waals surface area contributed by atoms with Crippen molar-refractivity contribution in [3.63, 3.8) is 0 Å². The van der Waals surface area contributed by atoms with E-state index in [0.29, 0.717) is 12.8 Å². The molecule has 0 unspecified atom stereocenters. The zero-order valence-electron chi connectivity index (χ0n) is 8.28. The lowest BCUT2D eigenvalue weighted by Gasteiger charge is -1.96. The summed E-state index contributed by atoms with van der Waals surface area (Å²) in [7, 11) is 0. The average Bonchev–Trinajstić information content (AvgIpc) is 2.02. The molecule has 0 amide bonds. The molecule has 0 aliphatic heterocycles. The number of aliphatic carboxylic acids is 2. The number of hydrogen-bond acceptors (Lipinski definition) is 2. The fourth-order valence-electron chi connectivity index (χ4n) is 0.887. The van der Waals surface area contributed by atoms with Crippen LogP contribution in [-0.4, -0.2) is 22.2 Å². The number of hydrogen-bond donors (Lipinski definition) is 2. The van der Waals surface area contributed by atoms with Crippen molar-refractivity contribution in [2.45, 2.75) is 26.7 Å². The minimum atomic E-state index is -0.971. The van der Waals surface area contributed by atoms with Crippen molar-refractivity contribution in [2.75, 3.05) is 0 Å². The van der Waals surface area contributed by atoms with Crippen molar-refractivity contribution in [2.24, 2.45) is 0 Å². The molecule has 4 heteroatoms. The smallest absolute Gasteiger partial charge is 0.330 e. The van der Waals surface area contributed by atoms with Gasteiger partial charge in [0.2, 0.25) is 0 Å². The fourth-order valence-corrected chi connectivity index (χ4v) is 0.887. The maximum absolute atomic E-state index is 10.4. The highest BCUT2D eigenvalue weighted by atomic mass is 16.4. The average molecular weight is 198 g/mol. The van der Waals surface area contributed by atoms with E-state index in [0.717, 1.165) is 11.6 Å². The molecule has 0 saturated carbocycles. The quantitative estimate of drug-likeness (QED) is 0.661. The molecule has 0 aromatic carbocycles. The normalized spacial score (nSPS) is 12.7. The summed E-state index contributed by atoms with van der Waals surface area (Å²) in [6.45, 7) is 3.22. The van der Waals surface area contributed by atoms with E-state index in [-0.39, 0.29) is 5.57 Å². The number of carbonyl (C=O) groups is 2. The van der Waals surface area contributed by atoms with Gasteiger partial charge in [0.05, 0.1) is 0 Å². The van der Waals surface area contributed by atoms with Gasteiger partial charge in [-0.2, -0.15) is 0 Å². The first-order valence-electron chi connectivity index (χ1n) is 4.23. The van der Waals surface area contributed by atoms with Gasteiger partial charge in [0.25, 0.3) is 0 Å². The molecule has 0 bridgehead atoms. The van der Waals surface area contributed by atoms with Gasteiger partial charge in [0, 0.05) is 11.6 Å².